The summed E-state index contributed by atoms with van der Waals surface area (Å²) >= 11 is 0. The monoisotopic (exact) mass is 295 g/mol. The van der Waals surface area contributed by atoms with E-state index in [9.17, 15) is 4.79 Å². The average Bonchev–Trinajstić information content (AvgIpc) is 2.53. The van der Waals surface area contributed by atoms with Crippen molar-refractivity contribution in [1.82, 2.24) is 10.2 Å². The molecule has 4 heteroatoms. The summed E-state index contributed by atoms with van der Waals surface area (Å²) in [5, 5.41) is 3.27. The fourth-order valence-electron chi connectivity index (χ4n) is 4.05. The molecule has 0 radical (unpaired) electrons. The highest BCUT2D eigenvalue weighted by Crippen LogP contribution is 2.32. The van der Waals surface area contributed by atoms with Crippen LogP contribution in [-0.4, -0.2) is 43.5 Å². The summed E-state index contributed by atoms with van der Waals surface area (Å²) in [6.45, 7) is 1.59. The van der Waals surface area contributed by atoms with Gasteiger partial charge in [-0.25, -0.2) is 0 Å². The van der Waals surface area contributed by atoms with E-state index >= 15 is 0 Å². The molecule has 0 spiro atoms. The summed E-state index contributed by atoms with van der Waals surface area (Å²) in [4.78, 5) is 14.8. The number of rotatable bonds is 5. The molecule has 2 rings (SSSR count). The van der Waals surface area contributed by atoms with Gasteiger partial charge in [0, 0.05) is 18.0 Å². The zero-order valence-corrected chi connectivity index (χ0v) is 13.9. The highest BCUT2D eigenvalue weighted by atomic mass is 16.1. The summed E-state index contributed by atoms with van der Waals surface area (Å²) < 4.78 is 0. The number of amides is 1. The maximum absolute atomic E-state index is 12.4. The van der Waals surface area contributed by atoms with Crippen LogP contribution in [0.2, 0.25) is 0 Å². The number of nitrogens with two attached hydrogens (primary N) is 1. The van der Waals surface area contributed by atoms with Gasteiger partial charge in [-0.2, -0.15) is 0 Å². The van der Waals surface area contributed by atoms with Crippen LogP contribution in [0.1, 0.15) is 57.8 Å². The van der Waals surface area contributed by atoms with E-state index in [1.807, 2.05) is 0 Å². The molecule has 0 aromatic carbocycles. The molecule has 2 fully saturated rings. The van der Waals surface area contributed by atoms with Gasteiger partial charge in [0.2, 0.25) is 5.91 Å². The Bertz CT molecular complexity index is 329. The summed E-state index contributed by atoms with van der Waals surface area (Å²) in [6, 6.07) is 0. The Morgan fingerprint density at radius 3 is 2.29 bits per heavy atom. The Morgan fingerprint density at radius 1 is 1.14 bits per heavy atom. The standard InChI is InChI=1S/C17H33N3O/c1-20(2)17(10-4-3-5-11-17)13-19-16(21)15-8-6-14(12-18)7-9-15/h14-15H,3-13,18H2,1-2H3,(H,19,21). The third-order valence-corrected chi connectivity index (χ3v) is 5.88. The fraction of sp³-hybridized carbons (Fsp3) is 0.941. The highest BCUT2D eigenvalue weighted by molar-refractivity contribution is 5.78. The lowest BCUT2D eigenvalue weighted by Gasteiger charge is -2.43. The number of hydrogen-bond donors (Lipinski definition) is 2. The number of carbonyl (C=O) groups is 1. The predicted molar refractivity (Wildman–Crippen MR) is 87.0 cm³/mol. The van der Waals surface area contributed by atoms with Crippen molar-refractivity contribution in [2.24, 2.45) is 17.6 Å². The average molecular weight is 295 g/mol. The van der Waals surface area contributed by atoms with E-state index in [1.165, 1.54) is 32.1 Å². The Morgan fingerprint density at radius 2 is 1.76 bits per heavy atom. The molecule has 0 saturated heterocycles. The molecule has 0 heterocycles. The molecule has 21 heavy (non-hydrogen) atoms. The van der Waals surface area contributed by atoms with Gasteiger partial charge in [-0.05, 0) is 65.1 Å². The van der Waals surface area contributed by atoms with Crippen LogP contribution >= 0.6 is 0 Å². The molecule has 2 saturated carbocycles. The van der Waals surface area contributed by atoms with Crippen molar-refractivity contribution in [3.63, 3.8) is 0 Å². The van der Waals surface area contributed by atoms with Gasteiger partial charge in [-0.15, -0.1) is 0 Å². The minimum absolute atomic E-state index is 0.183. The van der Waals surface area contributed by atoms with Crippen LogP contribution in [0, 0.1) is 11.8 Å². The van der Waals surface area contributed by atoms with E-state index in [4.69, 9.17) is 5.73 Å². The van der Waals surface area contributed by atoms with Crippen LogP contribution in [0.15, 0.2) is 0 Å². The Labute approximate surface area is 129 Å². The molecule has 0 aromatic rings. The van der Waals surface area contributed by atoms with Crippen LogP contribution in [0.5, 0.6) is 0 Å². The lowest BCUT2D eigenvalue weighted by atomic mass is 9.79. The first-order valence-corrected chi connectivity index (χ1v) is 8.72. The molecule has 2 aliphatic carbocycles. The van der Waals surface area contributed by atoms with Crippen molar-refractivity contribution in [2.45, 2.75) is 63.3 Å². The zero-order valence-electron chi connectivity index (χ0n) is 13.9. The maximum Gasteiger partial charge on any atom is 0.223 e. The second-order valence-corrected chi connectivity index (χ2v) is 7.35. The SMILES string of the molecule is CN(C)C1(CNC(=O)C2CCC(CN)CC2)CCCCC1. The maximum atomic E-state index is 12.4. The fourth-order valence-corrected chi connectivity index (χ4v) is 4.05. The first kappa shape index (κ1) is 16.8. The Hall–Kier alpha value is -0.610. The molecule has 0 aliphatic heterocycles. The van der Waals surface area contributed by atoms with E-state index < -0.39 is 0 Å². The van der Waals surface area contributed by atoms with Crippen molar-refractivity contribution in [3.8, 4) is 0 Å². The number of hydrogen-bond acceptors (Lipinski definition) is 3. The van der Waals surface area contributed by atoms with Gasteiger partial charge in [-0.1, -0.05) is 19.3 Å². The first-order valence-electron chi connectivity index (χ1n) is 8.72. The van der Waals surface area contributed by atoms with E-state index in [-0.39, 0.29) is 17.4 Å². The van der Waals surface area contributed by atoms with E-state index in [2.05, 4.69) is 24.3 Å². The molecular formula is C17H33N3O. The van der Waals surface area contributed by atoms with Gasteiger partial charge in [0.05, 0.1) is 0 Å². The first-order chi connectivity index (χ1) is 10.1. The van der Waals surface area contributed by atoms with E-state index in [0.717, 1.165) is 38.8 Å². The molecule has 0 aromatic heterocycles. The number of likely N-dealkylation sites (N-methyl/N-ethyl adjacent to an activating group) is 1. The van der Waals surface area contributed by atoms with Crippen molar-refractivity contribution in [1.29, 1.82) is 0 Å². The second kappa shape index (κ2) is 7.59. The van der Waals surface area contributed by atoms with Crippen molar-refractivity contribution in [2.75, 3.05) is 27.2 Å². The van der Waals surface area contributed by atoms with Gasteiger partial charge < -0.3 is 16.0 Å². The molecule has 4 nitrogen and oxygen atoms in total. The second-order valence-electron chi connectivity index (χ2n) is 7.35. The van der Waals surface area contributed by atoms with E-state index in [0.29, 0.717) is 5.92 Å². The van der Waals surface area contributed by atoms with Crippen LogP contribution in [0.3, 0.4) is 0 Å². The molecule has 0 atom stereocenters. The summed E-state index contributed by atoms with van der Waals surface area (Å²) in [5.41, 5.74) is 5.91. The number of nitrogens with zero attached hydrogens (tertiary/aromatic N) is 1. The van der Waals surface area contributed by atoms with Gasteiger partial charge >= 0.3 is 0 Å². The number of carbonyl (C=O) groups excluding carboxylic acids is 1. The minimum Gasteiger partial charge on any atom is -0.354 e. The van der Waals surface area contributed by atoms with Crippen LogP contribution in [0.4, 0.5) is 0 Å². The third-order valence-electron chi connectivity index (χ3n) is 5.88. The largest absolute Gasteiger partial charge is 0.354 e. The lowest BCUT2D eigenvalue weighted by Crippen LogP contribution is -2.54. The van der Waals surface area contributed by atoms with Gasteiger partial charge in [0.1, 0.15) is 0 Å². The van der Waals surface area contributed by atoms with Crippen LogP contribution in [-0.2, 0) is 4.79 Å². The van der Waals surface area contributed by atoms with Gasteiger partial charge in [-0.3, -0.25) is 4.79 Å². The molecule has 0 unspecified atom stereocenters. The summed E-state index contributed by atoms with van der Waals surface area (Å²) in [6.07, 6.45) is 10.6. The smallest absolute Gasteiger partial charge is 0.223 e. The van der Waals surface area contributed by atoms with Crippen molar-refractivity contribution in [3.05, 3.63) is 0 Å². The lowest BCUT2D eigenvalue weighted by molar-refractivity contribution is -0.127. The van der Waals surface area contributed by atoms with Crippen molar-refractivity contribution < 1.29 is 4.79 Å². The normalized spacial score (nSPS) is 29.3. The quantitative estimate of drug-likeness (QED) is 0.817. The Balaban J connectivity index is 1.82. The van der Waals surface area contributed by atoms with Gasteiger partial charge in [0.25, 0.3) is 0 Å². The highest BCUT2D eigenvalue weighted by Gasteiger charge is 2.35. The molecule has 2 aliphatic rings. The predicted octanol–water partition coefficient (Wildman–Crippen LogP) is 2.13. The summed E-state index contributed by atoms with van der Waals surface area (Å²) in [7, 11) is 4.31. The Kier molecular flexibility index (Phi) is 6.06. The topological polar surface area (TPSA) is 58.4 Å². The van der Waals surface area contributed by atoms with Crippen LogP contribution < -0.4 is 11.1 Å². The summed E-state index contributed by atoms with van der Waals surface area (Å²) in [5.74, 6) is 1.13. The van der Waals surface area contributed by atoms with Crippen molar-refractivity contribution >= 4 is 5.91 Å². The molecule has 0 bridgehead atoms. The third kappa shape index (κ3) is 4.19. The minimum atomic E-state index is 0.183. The van der Waals surface area contributed by atoms with Crippen LogP contribution in [0.25, 0.3) is 0 Å². The van der Waals surface area contributed by atoms with Gasteiger partial charge in [0.15, 0.2) is 0 Å². The molecule has 1 amide bonds. The van der Waals surface area contributed by atoms with E-state index in [1.54, 1.807) is 0 Å². The molecular weight excluding hydrogens is 262 g/mol. The zero-order chi connectivity index (χ0) is 15.3. The molecule has 3 N–H and O–H groups in total. The molecule has 122 valence electrons. The number of nitrogens with one attached hydrogen (secondary N) is 1.